The van der Waals surface area contributed by atoms with E-state index in [1.165, 1.54) is 5.56 Å². The van der Waals surface area contributed by atoms with Crippen LogP contribution in [0.3, 0.4) is 0 Å². The van der Waals surface area contributed by atoms with Crippen LogP contribution >= 0.6 is 11.3 Å². The Balaban J connectivity index is 1.47. The largest absolute Gasteiger partial charge is 0.326 e. The highest BCUT2D eigenvalue weighted by molar-refractivity contribution is 7.21. The molecule has 0 spiro atoms. The van der Waals surface area contributed by atoms with Crippen LogP contribution in [-0.2, 0) is 4.79 Å². The molecular weight excluding hydrogens is 406 g/mol. The maximum Gasteiger partial charge on any atom is 0.255 e. The van der Waals surface area contributed by atoms with E-state index in [4.69, 9.17) is 4.98 Å². The molecule has 0 aliphatic carbocycles. The van der Waals surface area contributed by atoms with Crippen molar-refractivity contribution in [1.29, 1.82) is 0 Å². The van der Waals surface area contributed by atoms with E-state index >= 15 is 0 Å². The monoisotopic (exact) mass is 429 g/mol. The molecule has 0 atom stereocenters. The van der Waals surface area contributed by atoms with Crippen molar-refractivity contribution in [2.75, 3.05) is 10.6 Å². The van der Waals surface area contributed by atoms with Crippen molar-refractivity contribution in [1.82, 2.24) is 4.98 Å². The average Bonchev–Trinajstić information content (AvgIpc) is 3.17. The van der Waals surface area contributed by atoms with E-state index in [2.05, 4.69) is 29.7 Å². The Morgan fingerprint density at radius 1 is 0.903 bits per heavy atom. The number of fused-ring (bicyclic) bond motifs is 1. The van der Waals surface area contributed by atoms with Gasteiger partial charge in [-0.15, -0.1) is 11.3 Å². The van der Waals surface area contributed by atoms with Gasteiger partial charge >= 0.3 is 0 Å². The zero-order chi connectivity index (χ0) is 22.0. The summed E-state index contributed by atoms with van der Waals surface area (Å²) in [7, 11) is 0. The van der Waals surface area contributed by atoms with Gasteiger partial charge in [-0.25, -0.2) is 4.98 Å². The van der Waals surface area contributed by atoms with E-state index in [9.17, 15) is 9.59 Å². The van der Waals surface area contributed by atoms with E-state index in [1.54, 1.807) is 35.6 Å². The number of nitrogens with one attached hydrogen (secondary N) is 2. The van der Waals surface area contributed by atoms with Gasteiger partial charge < -0.3 is 10.6 Å². The number of hydrogen-bond donors (Lipinski definition) is 2. The van der Waals surface area contributed by atoms with Gasteiger partial charge in [-0.2, -0.15) is 0 Å². The second kappa shape index (κ2) is 8.70. The molecule has 0 fully saturated rings. The first-order valence-electron chi connectivity index (χ1n) is 10.1. The fraction of sp³-hybridized carbons (Fsp3) is 0.160. The number of aromatic nitrogens is 1. The molecule has 2 N–H and O–H groups in total. The Morgan fingerprint density at radius 2 is 1.68 bits per heavy atom. The SMILES string of the molecule is Cc1ccc2nc(-c3ccc(NC(=O)c4cccc(NC(=O)C(C)C)c4)cc3)sc2c1. The van der Waals surface area contributed by atoms with Crippen LogP contribution in [0.25, 0.3) is 20.8 Å². The van der Waals surface area contributed by atoms with E-state index in [1.807, 2.05) is 44.2 Å². The molecule has 2 amide bonds. The number of aryl methyl sites for hydroxylation is 1. The van der Waals surface area contributed by atoms with Crippen LogP contribution in [0.5, 0.6) is 0 Å². The quantitative estimate of drug-likeness (QED) is 0.401. The van der Waals surface area contributed by atoms with Crippen LogP contribution in [0.2, 0.25) is 0 Å². The number of nitrogens with zero attached hydrogens (tertiary/aromatic N) is 1. The molecule has 156 valence electrons. The minimum Gasteiger partial charge on any atom is -0.326 e. The van der Waals surface area contributed by atoms with Crippen LogP contribution in [0.15, 0.2) is 66.7 Å². The van der Waals surface area contributed by atoms with Gasteiger partial charge in [0.15, 0.2) is 0 Å². The summed E-state index contributed by atoms with van der Waals surface area (Å²) in [6, 6.07) is 20.8. The van der Waals surface area contributed by atoms with Crippen molar-refractivity contribution in [2.24, 2.45) is 5.92 Å². The molecule has 31 heavy (non-hydrogen) atoms. The van der Waals surface area contributed by atoms with Gasteiger partial charge in [0.2, 0.25) is 5.91 Å². The van der Waals surface area contributed by atoms with Crippen LogP contribution in [0.1, 0.15) is 29.8 Å². The fourth-order valence-corrected chi connectivity index (χ4v) is 4.15. The molecular formula is C25H23N3O2S. The summed E-state index contributed by atoms with van der Waals surface area (Å²) < 4.78 is 1.16. The lowest BCUT2D eigenvalue weighted by atomic mass is 10.1. The molecule has 1 aromatic heterocycles. The van der Waals surface area contributed by atoms with E-state index in [0.717, 1.165) is 20.8 Å². The van der Waals surface area contributed by atoms with Crippen molar-refractivity contribution in [2.45, 2.75) is 20.8 Å². The zero-order valence-electron chi connectivity index (χ0n) is 17.6. The highest BCUT2D eigenvalue weighted by Crippen LogP contribution is 2.31. The van der Waals surface area contributed by atoms with Gasteiger partial charge in [0.25, 0.3) is 5.91 Å². The number of carbonyl (C=O) groups is 2. The van der Waals surface area contributed by atoms with Crippen LogP contribution in [0, 0.1) is 12.8 Å². The number of carbonyl (C=O) groups excluding carboxylic acids is 2. The number of thiazole rings is 1. The van der Waals surface area contributed by atoms with Crippen LogP contribution < -0.4 is 10.6 Å². The second-order valence-corrected chi connectivity index (χ2v) is 8.78. The Kier molecular flexibility index (Phi) is 5.82. The van der Waals surface area contributed by atoms with Crippen LogP contribution in [-0.4, -0.2) is 16.8 Å². The van der Waals surface area contributed by atoms with Crippen molar-refractivity contribution >= 4 is 44.7 Å². The first kappa shape index (κ1) is 20.8. The Hall–Kier alpha value is -3.51. The van der Waals surface area contributed by atoms with Crippen molar-refractivity contribution in [3.05, 3.63) is 77.9 Å². The topological polar surface area (TPSA) is 71.1 Å². The maximum absolute atomic E-state index is 12.7. The minimum atomic E-state index is -0.233. The third-order valence-electron chi connectivity index (χ3n) is 4.85. The van der Waals surface area contributed by atoms with Gasteiger partial charge in [0.1, 0.15) is 5.01 Å². The summed E-state index contributed by atoms with van der Waals surface area (Å²) in [4.78, 5) is 29.3. The molecule has 0 unspecified atom stereocenters. The predicted octanol–water partition coefficient (Wildman–Crippen LogP) is 6.12. The van der Waals surface area contributed by atoms with Crippen molar-refractivity contribution < 1.29 is 9.59 Å². The molecule has 0 aliphatic rings. The first-order chi connectivity index (χ1) is 14.9. The van der Waals surface area contributed by atoms with Crippen LogP contribution in [0.4, 0.5) is 11.4 Å². The predicted molar refractivity (Wildman–Crippen MR) is 128 cm³/mol. The molecule has 0 saturated heterocycles. The Morgan fingerprint density at radius 3 is 2.42 bits per heavy atom. The lowest BCUT2D eigenvalue weighted by Crippen LogP contribution is -2.18. The normalized spacial score (nSPS) is 11.0. The van der Waals surface area contributed by atoms with Crippen molar-refractivity contribution in [3.8, 4) is 10.6 Å². The summed E-state index contributed by atoms with van der Waals surface area (Å²) in [5, 5.41) is 6.67. The molecule has 4 rings (SSSR count). The summed E-state index contributed by atoms with van der Waals surface area (Å²) in [6.07, 6.45) is 0. The van der Waals surface area contributed by atoms with E-state index in [-0.39, 0.29) is 17.7 Å². The number of benzene rings is 3. The zero-order valence-corrected chi connectivity index (χ0v) is 18.4. The van der Waals surface area contributed by atoms with E-state index < -0.39 is 0 Å². The summed E-state index contributed by atoms with van der Waals surface area (Å²) in [5.74, 6) is -0.447. The van der Waals surface area contributed by atoms with Crippen molar-refractivity contribution in [3.63, 3.8) is 0 Å². The fourth-order valence-electron chi connectivity index (χ4n) is 3.08. The molecule has 5 nitrogen and oxygen atoms in total. The molecule has 0 bridgehead atoms. The number of amides is 2. The second-order valence-electron chi connectivity index (χ2n) is 7.75. The molecule has 0 saturated carbocycles. The lowest BCUT2D eigenvalue weighted by molar-refractivity contribution is -0.118. The lowest BCUT2D eigenvalue weighted by Gasteiger charge is -2.10. The number of anilines is 2. The van der Waals surface area contributed by atoms with Gasteiger partial charge in [0, 0.05) is 28.4 Å². The molecule has 0 aliphatic heterocycles. The third kappa shape index (κ3) is 4.81. The molecule has 0 radical (unpaired) electrons. The minimum absolute atomic E-state index is 0.0850. The van der Waals surface area contributed by atoms with E-state index in [0.29, 0.717) is 16.9 Å². The summed E-state index contributed by atoms with van der Waals surface area (Å²) in [5.41, 5.74) is 5.00. The summed E-state index contributed by atoms with van der Waals surface area (Å²) in [6.45, 7) is 5.72. The number of rotatable bonds is 5. The standard InChI is InChI=1S/C25H23N3O2S/c1-15(2)23(29)27-20-6-4-5-18(14-20)24(30)26-19-10-8-17(9-11-19)25-28-21-12-7-16(3)13-22(21)31-25/h4-15H,1-3H3,(H,26,30)(H,27,29). The number of hydrogen-bond acceptors (Lipinski definition) is 4. The van der Waals surface area contributed by atoms with Gasteiger partial charge in [-0.05, 0) is 67.1 Å². The Bertz CT molecular complexity index is 1260. The van der Waals surface area contributed by atoms with Gasteiger partial charge in [-0.1, -0.05) is 26.0 Å². The highest BCUT2D eigenvalue weighted by atomic mass is 32.1. The molecule has 4 aromatic rings. The molecule has 3 aromatic carbocycles. The summed E-state index contributed by atoms with van der Waals surface area (Å²) >= 11 is 1.66. The molecule has 6 heteroatoms. The third-order valence-corrected chi connectivity index (χ3v) is 5.92. The smallest absolute Gasteiger partial charge is 0.255 e. The Labute approximate surface area is 185 Å². The molecule has 1 heterocycles. The average molecular weight is 430 g/mol. The maximum atomic E-state index is 12.7. The van der Waals surface area contributed by atoms with Gasteiger partial charge in [-0.3, -0.25) is 9.59 Å². The van der Waals surface area contributed by atoms with Gasteiger partial charge in [0.05, 0.1) is 10.2 Å². The highest BCUT2D eigenvalue weighted by Gasteiger charge is 2.11. The first-order valence-corrected chi connectivity index (χ1v) is 10.9.